The monoisotopic (exact) mass is 396 g/mol. The van der Waals surface area contributed by atoms with Gasteiger partial charge in [0, 0.05) is 43.5 Å². The Morgan fingerprint density at radius 1 is 1.03 bits per heavy atom. The Balaban J connectivity index is 1.84. The van der Waals surface area contributed by atoms with Crippen LogP contribution in [0.3, 0.4) is 0 Å². The first-order chi connectivity index (χ1) is 13.9. The van der Waals surface area contributed by atoms with Gasteiger partial charge >= 0.3 is 0 Å². The van der Waals surface area contributed by atoms with Crippen molar-refractivity contribution in [3.05, 3.63) is 94.8 Å². The Hall–Kier alpha value is -3.12. The number of pyridine rings is 1. The van der Waals surface area contributed by atoms with Gasteiger partial charge in [0.2, 0.25) is 0 Å². The Morgan fingerprint density at radius 2 is 1.79 bits per heavy atom. The second kappa shape index (κ2) is 9.39. The molecule has 0 atom stereocenters. The highest BCUT2D eigenvalue weighted by Crippen LogP contribution is 2.26. The average molecular weight is 396 g/mol. The van der Waals surface area contributed by atoms with Gasteiger partial charge in [-0.25, -0.2) is 8.78 Å². The molecule has 1 heterocycles. The highest BCUT2D eigenvalue weighted by Gasteiger charge is 2.17. The summed E-state index contributed by atoms with van der Waals surface area (Å²) < 4.78 is 27.2. The van der Waals surface area contributed by atoms with E-state index in [0.717, 1.165) is 17.3 Å². The minimum absolute atomic E-state index is 0.0357. The molecule has 2 aromatic carbocycles. The van der Waals surface area contributed by atoms with Crippen LogP contribution in [0.2, 0.25) is 0 Å². The summed E-state index contributed by atoms with van der Waals surface area (Å²) in [5, 5.41) is 10.4. The summed E-state index contributed by atoms with van der Waals surface area (Å²) in [7, 11) is 0. The fourth-order valence-corrected chi connectivity index (χ4v) is 3.17. The molecule has 0 unspecified atom stereocenters. The molecule has 3 aromatic rings. The maximum absolute atomic E-state index is 14.0. The number of benzene rings is 2. The molecule has 0 radical (unpaired) electrons. The lowest BCUT2D eigenvalue weighted by Gasteiger charge is -2.23. The summed E-state index contributed by atoms with van der Waals surface area (Å²) in [6.07, 6.45) is 2.37. The molecule has 0 saturated heterocycles. The number of aromatic hydroxyl groups is 1. The molecule has 29 heavy (non-hydrogen) atoms. The molecule has 4 nitrogen and oxygen atoms in total. The van der Waals surface area contributed by atoms with Crippen molar-refractivity contribution in [2.24, 2.45) is 0 Å². The van der Waals surface area contributed by atoms with Crippen molar-refractivity contribution in [3.8, 4) is 5.75 Å². The number of rotatable bonds is 8. The van der Waals surface area contributed by atoms with E-state index < -0.39 is 11.6 Å². The molecule has 0 aliphatic heterocycles. The highest BCUT2D eigenvalue weighted by molar-refractivity contribution is 5.97. The zero-order valence-corrected chi connectivity index (χ0v) is 16.1. The van der Waals surface area contributed by atoms with Crippen LogP contribution in [0.1, 0.15) is 34.1 Å². The summed E-state index contributed by atoms with van der Waals surface area (Å²) in [6, 6.07) is 14.1. The number of phenols is 1. The van der Waals surface area contributed by atoms with Crippen LogP contribution in [0, 0.1) is 11.6 Å². The van der Waals surface area contributed by atoms with E-state index in [0.29, 0.717) is 25.1 Å². The maximum atomic E-state index is 14.0. The molecular weight excluding hydrogens is 374 g/mol. The first-order valence-corrected chi connectivity index (χ1v) is 9.31. The first kappa shape index (κ1) is 20.6. The summed E-state index contributed by atoms with van der Waals surface area (Å²) >= 11 is 0. The highest BCUT2D eigenvalue weighted by atomic mass is 19.1. The fraction of sp³-hybridized carbons (Fsp3) is 0.217. The van der Waals surface area contributed by atoms with E-state index in [4.69, 9.17) is 0 Å². The maximum Gasteiger partial charge on any atom is 0.163 e. The van der Waals surface area contributed by atoms with E-state index in [-0.39, 0.29) is 23.7 Å². The molecule has 1 N–H and O–H groups in total. The predicted octanol–water partition coefficient (Wildman–Crippen LogP) is 4.51. The lowest BCUT2D eigenvalue weighted by Crippen LogP contribution is -2.26. The molecule has 0 aliphatic rings. The molecule has 0 bridgehead atoms. The number of hydrogen-bond donors (Lipinski definition) is 1. The summed E-state index contributed by atoms with van der Waals surface area (Å²) in [5.41, 5.74) is 2.09. The van der Waals surface area contributed by atoms with Gasteiger partial charge < -0.3 is 5.11 Å². The molecule has 0 spiro atoms. The van der Waals surface area contributed by atoms with Crippen LogP contribution in [0.25, 0.3) is 0 Å². The molecule has 6 heteroatoms. The largest absolute Gasteiger partial charge is 0.507 e. The van der Waals surface area contributed by atoms with E-state index in [1.54, 1.807) is 18.3 Å². The van der Waals surface area contributed by atoms with Crippen molar-refractivity contribution >= 4 is 5.78 Å². The second-order valence-electron chi connectivity index (χ2n) is 6.93. The number of Topliss-reactive ketones (excluding diaryl/α,β-unsaturated/α-hetero) is 1. The van der Waals surface area contributed by atoms with Crippen molar-refractivity contribution in [3.63, 3.8) is 0 Å². The number of hydrogen-bond acceptors (Lipinski definition) is 4. The Labute approximate surface area is 168 Å². The van der Waals surface area contributed by atoms with Crippen molar-refractivity contribution in [1.29, 1.82) is 0 Å². The van der Waals surface area contributed by atoms with E-state index >= 15 is 0 Å². The predicted molar refractivity (Wildman–Crippen MR) is 107 cm³/mol. The van der Waals surface area contributed by atoms with E-state index in [1.165, 1.54) is 25.1 Å². The Bertz CT molecular complexity index is 976. The lowest BCUT2D eigenvalue weighted by atomic mass is 10.0. The lowest BCUT2D eigenvalue weighted by molar-refractivity contribution is 0.101. The van der Waals surface area contributed by atoms with Crippen LogP contribution in [0.15, 0.2) is 60.8 Å². The van der Waals surface area contributed by atoms with Crippen LogP contribution in [-0.2, 0) is 19.5 Å². The van der Waals surface area contributed by atoms with Gasteiger partial charge in [-0.3, -0.25) is 14.7 Å². The van der Waals surface area contributed by atoms with E-state index in [2.05, 4.69) is 4.98 Å². The summed E-state index contributed by atoms with van der Waals surface area (Å²) in [5.74, 6) is -1.50. The molecule has 0 amide bonds. The number of ketones is 1. The first-order valence-electron chi connectivity index (χ1n) is 9.31. The number of aromatic nitrogens is 1. The number of carbonyl (C=O) groups is 1. The molecule has 3 rings (SSSR count). The van der Waals surface area contributed by atoms with E-state index in [9.17, 15) is 18.7 Å². The van der Waals surface area contributed by atoms with Crippen molar-refractivity contribution in [2.75, 3.05) is 6.54 Å². The van der Waals surface area contributed by atoms with Gasteiger partial charge in [-0.2, -0.15) is 0 Å². The van der Waals surface area contributed by atoms with Gasteiger partial charge in [0.1, 0.15) is 17.4 Å². The molecule has 150 valence electrons. The van der Waals surface area contributed by atoms with Crippen LogP contribution < -0.4 is 0 Å². The normalized spacial score (nSPS) is 11.0. The Morgan fingerprint density at radius 3 is 2.45 bits per heavy atom. The number of nitrogens with zero attached hydrogens (tertiary/aromatic N) is 2. The van der Waals surface area contributed by atoms with Gasteiger partial charge in [-0.05, 0) is 48.9 Å². The molecule has 0 fully saturated rings. The number of phenolic OH excluding ortho intramolecular Hbond substituents is 1. The fourth-order valence-electron chi connectivity index (χ4n) is 3.17. The molecule has 0 saturated carbocycles. The summed E-state index contributed by atoms with van der Waals surface area (Å²) in [4.78, 5) is 18.0. The minimum Gasteiger partial charge on any atom is -0.507 e. The van der Waals surface area contributed by atoms with Crippen LogP contribution in [0.4, 0.5) is 8.78 Å². The number of carbonyl (C=O) groups excluding carboxylic acids is 1. The summed E-state index contributed by atoms with van der Waals surface area (Å²) in [6.45, 7) is 2.57. The van der Waals surface area contributed by atoms with Crippen molar-refractivity contribution in [2.45, 2.75) is 26.4 Å². The van der Waals surface area contributed by atoms with Gasteiger partial charge in [0.15, 0.2) is 5.78 Å². The molecule has 1 aromatic heterocycles. The van der Waals surface area contributed by atoms with E-state index in [1.807, 2.05) is 23.1 Å². The number of halogens is 2. The standard InChI is InChI=1S/C23H22F2N2O2/c1-16(28)22-13-20(25)12-18(23(22)29)15-27(11-9-21-4-2-3-10-26-21)14-17-5-7-19(24)8-6-17/h2-8,10,12-13,29H,9,11,14-15H2,1H3. The van der Waals surface area contributed by atoms with Gasteiger partial charge in [0.05, 0.1) is 5.56 Å². The zero-order chi connectivity index (χ0) is 20.8. The Kier molecular flexibility index (Phi) is 6.67. The van der Waals surface area contributed by atoms with Crippen molar-refractivity contribution < 1.29 is 18.7 Å². The topological polar surface area (TPSA) is 53.4 Å². The van der Waals surface area contributed by atoms with Gasteiger partial charge in [-0.15, -0.1) is 0 Å². The zero-order valence-electron chi connectivity index (χ0n) is 16.1. The third-order valence-electron chi connectivity index (χ3n) is 4.66. The van der Waals surface area contributed by atoms with Crippen molar-refractivity contribution in [1.82, 2.24) is 9.88 Å². The quantitative estimate of drug-likeness (QED) is 0.569. The van der Waals surface area contributed by atoms with Crippen LogP contribution >= 0.6 is 0 Å². The smallest absolute Gasteiger partial charge is 0.163 e. The van der Waals surface area contributed by atoms with Gasteiger partial charge in [-0.1, -0.05) is 18.2 Å². The van der Waals surface area contributed by atoms with Crippen LogP contribution in [-0.4, -0.2) is 27.3 Å². The molecule has 0 aliphatic carbocycles. The second-order valence-corrected chi connectivity index (χ2v) is 6.93. The molecular formula is C23H22F2N2O2. The third-order valence-corrected chi connectivity index (χ3v) is 4.66. The third kappa shape index (κ3) is 5.68. The SMILES string of the molecule is CC(=O)c1cc(F)cc(CN(CCc2ccccn2)Cc2ccc(F)cc2)c1O. The van der Waals surface area contributed by atoms with Crippen LogP contribution in [0.5, 0.6) is 5.75 Å². The van der Waals surface area contributed by atoms with Gasteiger partial charge in [0.25, 0.3) is 0 Å². The average Bonchev–Trinajstić information content (AvgIpc) is 2.71. The minimum atomic E-state index is -0.575.